The first-order valence-corrected chi connectivity index (χ1v) is 5.94. The van der Waals surface area contributed by atoms with Crippen LogP contribution < -0.4 is 5.32 Å². The van der Waals surface area contributed by atoms with Gasteiger partial charge in [0, 0.05) is 4.92 Å². The maximum absolute atomic E-state index is 11.7. The molecule has 1 amide bonds. The highest BCUT2D eigenvalue weighted by molar-refractivity contribution is 5.68. The summed E-state index contributed by atoms with van der Waals surface area (Å²) in [5.41, 5.74) is 0.0324. The number of amides is 1. The smallest absolute Gasteiger partial charge is 0.408 e. The van der Waals surface area contributed by atoms with Gasteiger partial charge in [-0.15, -0.1) is 0 Å². The Bertz CT molecular complexity index is 440. The zero-order valence-corrected chi connectivity index (χ0v) is 11.3. The first-order chi connectivity index (χ1) is 8.78. The number of nitrogens with zero attached hydrogens (tertiary/aromatic N) is 1. The molecule has 0 aliphatic carbocycles. The van der Waals surface area contributed by atoms with Crippen molar-refractivity contribution in [2.45, 2.75) is 32.4 Å². The average Bonchev–Trinajstić information content (AvgIpc) is 2.26. The molecule has 0 heterocycles. The fourth-order valence-electron chi connectivity index (χ4n) is 1.52. The van der Waals surface area contributed by atoms with Crippen molar-refractivity contribution in [2.24, 2.45) is 0 Å². The van der Waals surface area contributed by atoms with Crippen molar-refractivity contribution in [3.8, 4) is 0 Å². The van der Waals surface area contributed by atoms with Gasteiger partial charge in [-0.25, -0.2) is 4.79 Å². The van der Waals surface area contributed by atoms with Crippen LogP contribution in [-0.4, -0.2) is 23.2 Å². The number of alkyl carbamates (subject to hydrolysis) is 1. The van der Waals surface area contributed by atoms with E-state index >= 15 is 0 Å². The lowest BCUT2D eigenvalue weighted by Gasteiger charge is -2.22. The highest BCUT2D eigenvalue weighted by Crippen LogP contribution is 2.14. The molecule has 1 aromatic rings. The number of carbonyl (C=O) groups is 1. The summed E-state index contributed by atoms with van der Waals surface area (Å²) in [6.45, 7) is 4.82. The number of nitrogens with one attached hydrogen (secondary N) is 1. The fraction of sp³-hybridized carbons (Fsp3) is 0.462. The topological polar surface area (TPSA) is 81.5 Å². The van der Waals surface area contributed by atoms with Crippen molar-refractivity contribution in [1.82, 2.24) is 5.32 Å². The van der Waals surface area contributed by atoms with E-state index in [1.807, 2.05) is 0 Å². The summed E-state index contributed by atoms with van der Waals surface area (Å²) in [6, 6.07) is 8.08. The number of hydrogen-bond acceptors (Lipinski definition) is 4. The van der Waals surface area contributed by atoms with E-state index in [-0.39, 0.29) is 6.54 Å². The van der Waals surface area contributed by atoms with E-state index in [4.69, 9.17) is 4.74 Å². The summed E-state index contributed by atoms with van der Waals surface area (Å²) in [4.78, 5) is 21.9. The fourth-order valence-corrected chi connectivity index (χ4v) is 1.52. The van der Waals surface area contributed by atoms with E-state index in [2.05, 4.69) is 5.32 Å². The van der Waals surface area contributed by atoms with Crippen LogP contribution in [0.4, 0.5) is 4.79 Å². The Balaban J connectivity index is 2.76. The Morgan fingerprint density at radius 2 is 1.95 bits per heavy atom. The Morgan fingerprint density at radius 1 is 1.37 bits per heavy atom. The minimum absolute atomic E-state index is 0.386. The van der Waals surface area contributed by atoms with Crippen LogP contribution in [0.25, 0.3) is 0 Å². The number of rotatable bonds is 4. The van der Waals surface area contributed by atoms with Crippen LogP contribution in [0, 0.1) is 10.1 Å². The van der Waals surface area contributed by atoms with E-state index < -0.39 is 22.7 Å². The lowest BCUT2D eigenvalue weighted by Crippen LogP contribution is -2.37. The Morgan fingerprint density at radius 3 is 2.42 bits per heavy atom. The predicted molar refractivity (Wildman–Crippen MR) is 70.4 cm³/mol. The van der Waals surface area contributed by atoms with Gasteiger partial charge in [0.05, 0.1) is 0 Å². The van der Waals surface area contributed by atoms with Crippen molar-refractivity contribution in [3.63, 3.8) is 0 Å². The summed E-state index contributed by atoms with van der Waals surface area (Å²) < 4.78 is 5.10. The van der Waals surface area contributed by atoms with E-state index in [0.29, 0.717) is 5.56 Å². The molecule has 1 unspecified atom stereocenters. The molecule has 0 radical (unpaired) electrons. The zero-order chi connectivity index (χ0) is 14.5. The summed E-state index contributed by atoms with van der Waals surface area (Å²) in [7, 11) is 0. The molecule has 6 nitrogen and oxygen atoms in total. The van der Waals surface area contributed by atoms with Crippen molar-refractivity contribution in [2.75, 3.05) is 6.54 Å². The zero-order valence-electron chi connectivity index (χ0n) is 11.3. The van der Waals surface area contributed by atoms with Crippen LogP contribution in [0.1, 0.15) is 32.4 Å². The summed E-state index contributed by atoms with van der Waals surface area (Å²) in [5, 5.41) is 13.2. The normalized spacial score (nSPS) is 12.6. The SMILES string of the molecule is CC(C)(C)OC(=O)NC(C[N+](=O)[O-])c1ccccc1. The molecule has 6 heteroatoms. The Kier molecular flexibility index (Phi) is 4.86. The van der Waals surface area contributed by atoms with Crippen LogP contribution in [0.5, 0.6) is 0 Å². The molecule has 0 saturated heterocycles. The molecule has 0 bridgehead atoms. The molecule has 1 N–H and O–H groups in total. The first kappa shape index (κ1) is 14.9. The molecule has 1 atom stereocenters. The average molecular weight is 266 g/mol. The van der Waals surface area contributed by atoms with E-state index in [0.717, 1.165) is 0 Å². The Hall–Kier alpha value is -2.11. The monoisotopic (exact) mass is 266 g/mol. The third kappa shape index (κ3) is 5.85. The van der Waals surface area contributed by atoms with Gasteiger partial charge in [-0.2, -0.15) is 0 Å². The lowest BCUT2D eigenvalue weighted by atomic mass is 10.1. The lowest BCUT2D eigenvalue weighted by molar-refractivity contribution is -0.484. The number of benzene rings is 1. The highest BCUT2D eigenvalue weighted by Gasteiger charge is 2.23. The van der Waals surface area contributed by atoms with Gasteiger partial charge in [-0.1, -0.05) is 30.3 Å². The van der Waals surface area contributed by atoms with Crippen molar-refractivity contribution < 1.29 is 14.5 Å². The maximum atomic E-state index is 11.7. The number of carbonyl (C=O) groups excluding carboxylic acids is 1. The second kappa shape index (κ2) is 6.17. The molecular formula is C13H18N2O4. The van der Waals surface area contributed by atoms with Crippen LogP contribution >= 0.6 is 0 Å². The predicted octanol–water partition coefficient (Wildman–Crippen LogP) is 2.53. The largest absolute Gasteiger partial charge is 0.444 e. The molecule has 0 aliphatic rings. The molecule has 0 spiro atoms. The van der Waals surface area contributed by atoms with Gasteiger partial charge in [0.1, 0.15) is 11.6 Å². The van der Waals surface area contributed by atoms with Gasteiger partial charge in [-0.05, 0) is 26.3 Å². The van der Waals surface area contributed by atoms with E-state index in [9.17, 15) is 14.9 Å². The molecular weight excluding hydrogens is 248 g/mol. The van der Waals surface area contributed by atoms with Crippen molar-refractivity contribution >= 4 is 6.09 Å². The van der Waals surface area contributed by atoms with Gasteiger partial charge >= 0.3 is 6.09 Å². The minimum atomic E-state index is -0.703. The quantitative estimate of drug-likeness (QED) is 0.670. The third-order valence-corrected chi connectivity index (χ3v) is 2.22. The van der Waals surface area contributed by atoms with Gasteiger partial charge in [0.2, 0.25) is 6.54 Å². The third-order valence-electron chi connectivity index (χ3n) is 2.22. The summed E-state index contributed by atoms with van der Waals surface area (Å²) >= 11 is 0. The maximum Gasteiger partial charge on any atom is 0.408 e. The molecule has 0 fully saturated rings. The van der Waals surface area contributed by atoms with Crippen molar-refractivity contribution in [3.05, 3.63) is 46.0 Å². The second-order valence-electron chi connectivity index (χ2n) is 5.12. The van der Waals surface area contributed by atoms with Crippen LogP contribution in [0.15, 0.2) is 30.3 Å². The van der Waals surface area contributed by atoms with E-state index in [1.54, 1.807) is 51.1 Å². The molecule has 0 aliphatic heterocycles. The van der Waals surface area contributed by atoms with Crippen LogP contribution in [0.3, 0.4) is 0 Å². The number of ether oxygens (including phenoxy) is 1. The van der Waals surface area contributed by atoms with Crippen molar-refractivity contribution in [1.29, 1.82) is 0 Å². The second-order valence-corrected chi connectivity index (χ2v) is 5.12. The minimum Gasteiger partial charge on any atom is -0.444 e. The Labute approximate surface area is 111 Å². The first-order valence-electron chi connectivity index (χ1n) is 5.94. The molecule has 104 valence electrons. The molecule has 0 saturated carbocycles. The van der Waals surface area contributed by atoms with Gasteiger partial charge < -0.3 is 10.1 Å². The highest BCUT2D eigenvalue weighted by atomic mass is 16.6. The molecule has 1 aromatic carbocycles. The van der Waals surface area contributed by atoms with Crippen LogP contribution in [0.2, 0.25) is 0 Å². The number of nitro groups is 1. The van der Waals surface area contributed by atoms with E-state index in [1.165, 1.54) is 0 Å². The summed E-state index contributed by atoms with van der Waals surface area (Å²) in [5.74, 6) is 0. The van der Waals surface area contributed by atoms with Gasteiger partial charge in [0.25, 0.3) is 0 Å². The molecule has 1 rings (SSSR count). The molecule has 19 heavy (non-hydrogen) atoms. The standard InChI is InChI=1S/C13H18N2O4/c1-13(2,3)19-12(16)14-11(9-15(17)18)10-7-5-4-6-8-10/h4-8,11H,9H2,1-3H3,(H,14,16). The number of hydrogen-bond donors (Lipinski definition) is 1. The van der Waals surface area contributed by atoms with Crippen LogP contribution in [-0.2, 0) is 4.74 Å². The van der Waals surface area contributed by atoms with Gasteiger partial charge in [0.15, 0.2) is 0 Å². The summed E-state index contributed by atoms with van der Waals surface area (Å²) in [6.07, 6.45) is -0.664. The molecule has 0 aromatic heterocycles. The van der Waals surface area contributed by atoms with Gasteiger partial charge in [-0.3, -0.25) is 10.1 Å².